The minimum Gasteiger partial charge on any atom is -0.342 e. The van der Waals surface area contributed by atoms with Gasteiger partial charge in [-0.15, -0.1) is 0 Å². The fourth-order valence-corrected chi connectivity index (χ4v) is 2.32. The van der Waals surface area contributed by atoms with Crippen molar-refractivity contribution in [3.8, 4) is 0 Å². The molecule has 0 radical (unpaired) electrons. The Kier molecular flexibility index (Phi) is 4.36. The van der Waals surface area contributed by atoms with E-state index in [2.05, 4.69) is 33.0 Å². The molecule has 2 unspecified atom stereocenters. The number of carbonyl (C=O) groups is 1. The minimum atomic E-state index is 0.247. The van der Waals surface area contributed by atoms with Crippen molar-refractivity contribution < 1.29 is 4.79 Å². The van der Waals surface area contributed by atoms with Crippen molar-refractivity contribution in [3.63, 3.8) is 0 Å². The van der Waals surface area contributed by atoms with E-state index in [1.165, 1.54) is 0 Å². The molecule has 1 rings (SSSR count). The molecule has 2 atom stereocenters. The summed E-state index contributed by atoms with van der Waals surface area (Å²) in [7, 11) is 1.96. The van der Waals surface area contributed by atoms with Crippen LogP contribution in [0.3, 0.4) is 0 Å². The molecule has 0 bridgehead atoms. The fraction of sp³-hybridized carbons (Fsp3) is 0.923. The Morgan fingerprint density at radius 3 is 2.56 bits per heavy atom. The van der Waals surface area contributed by atoms with Crippen LogP contribution in [0.15, 0.2) is 0 Å². The lowest BCUT2D eigenvalue weighted by molar-refractivity contribution is -0.128. The Hall–Kier alpha value is -0.570. The smallest absolute Gasteiger partial charge is 0.222 e. The number of rotatable bonds is 4. The van der Waals surface area contributed by atoms with Crippen LogP contribution in [-0.4, -0.2) is 37.5 Å². The van der Waals surface area contributed by atoms with Crippen LogP contribution in [0.2, 0.25) is 0 Å². The molecule has 1 aliphatic heterocycles. The maximum Gasteiger partial charge on any atom is 0.222 e. The van der Waals surface area contributed by atoms with E-state index in [1.807, 2.05) is 11.9 Å². The molecule has 1 heterocycles. The highest BCUT2D eigenvalue weighted by molar-refractivity contribution is 5.78. The van der Waals surface area contributed by atoms with Gasteiger partial charge in [-0.1, -0.05) is 27.7 Å². The van der Waals surface area contributed by atoms with E-state index in [1.54, 1.807) is 0 Å². The molecule has 1 fully saturated rings. The second kappa shape index (κ2) is 5.17. The predicted octanol–water partition coefficient (Wildman–Crippen LogP) is 1.74. The first kappa shape index (κ1) is 13.5. The summed E-state index contributed by atoms with van der Waals surface area (Å²) < 4.78 is 0. The highest BCUT2D eigenvalue weighted by Crippen LogP contribution is 2.34. The monoisotopic (exact) mass is 226 g/mol. The molecule has 0 aromatic rings. The highest BCUT2D eigenvalue weighted by Gasteiger charge is 2.36. The summed E-state index contributed by atoms with van der Waals surface area (Å²) in [5.41, 5.74) is 0.247. The van der Waals surface area contributed by atoms with E-state index >= 15 is 0 Å². The zero-order chi connectivity index (χ0) is 12.3. The van der Waals surface area contributed by atoms with Crippen LogP contribution < -0.4 is 5.32 Å². The lowest BCUT2D eigenvalue weighted by atomic mass is 9.80. The Morgan fingerprint density at radius 1 is 1.50 bits per heavy atom. The molecule has 3 heteroatoms. The van der Waals surface area contributed by atoms with Crippen LogP contribution in [0.25, 0.3) is 0 Å². The Bertz CT molecular complexity index is 245. The third-order valence-corrected chi connectivity index (χ3v) is 3.52. The van der Waals surface area contributed by atoms with Gasteiger partial charge in [0.25, 0.3) is 0 Å². The van der Waals surface area contributed by atoms with Crippen molar-refractivity contribution >= 4 is 5.91 Å². The van der Waals surface area contributed by atoms with Crippen molar-refractivity contribution in [2.75, 3.05) is 26.7 Å². The maximum atomic E-state index is 11.9. The largest absolute Gasteiger partial charge is 0.342 e. The quantitative estimate of drug-likeness (QED) is 0.792. The predicted molar refractivity (Wildman–Crippen MR) is 67.2 cm³/mol. The van der Waals surface area contributed by atoms with Gasteiger partial charge in [-0.2, -0.15) is 0 Å². The fourth-order valence-electron chi connectivity index (χ4n) is 2.32. The molecular weight excluding hydrogens is 200 g/mol. The van der Waals surface area contributed by atoms with E-state index in [4.69, 9.17) is 0 Å². The summed E-state index contributed by atoms with van der Waals surface area (Å²) in [6.45, 7) is 11.7. The van der Waals surface area contributed by atoms with E-state index in [-0.39, 0.29) is 5.41 Å². The lowest BCUT2D eigenvalue weighted by Crippen LogP contribution is -2.34. The number of nitrogens with one attached hydrogen (secondary N) is 1. The van der Waals surface area contributed by atoms with Crippen LogP contribution >= 0.6 is 0 Å². The van der Waals surface area contributed by atoms with Gasteiger partial charge in [-0.05, 0) is 30.8 Å². The Morgan fingerprint density at radius 2 is 2.12 bits per heavy atom. The lowest BCUT2D eigenvalue weighted by Gasteiger charge is -2.27. The summed E-state index contributed by atoms with van der Waals surface area (Å²) in [4.78, 5) is 13.9. The molecule has 1 amide bonds. The average molecular weight is 226 g/mol. The molecule has 1 aliphatic rings. The van der Waals surface area contributed by atoms with Crippen molar-refractivity contribution in [1.82, 2.24) is 10.2 Å². The first-order chi connectivity index (χ1) is 7.34. The number of nitrogens with zero attached hydrogens (tertiary/aromatic N) is 1. The summed E-state index contributed by atoms with van der Waals surface area (Å²) in [5.74, 6) is 1.39. The Labute approximate surface area is 99.6 Å². The summed E-state index contributed by atoms with van der Waals surface area (Å²) in [6.07, 6.45) is 0.732. The van der Waals surface area contributed by atoms with Gasteiger partial charge in [0.15, 0.2) is 0 Å². The van der Waals surface area contributed by atoms with Gasteiger partial charge in [0, 0.05) is 19.5 Å². The molecule has 1 saturated heterocycles. The molecule has 0 aromatic carbocycles. The molecule has 0 saturated carbocycles. The number of hydrogen-bond donors (Lipinski definition) is 1. The minimum absolute atomic E-state index is 0.247. The molecule has 0 aromatic heterocycles. The summed E-state index contributed by atoms with van der Waals surface area (Å²) in [6, 6.07) is 0. The molecule has 94 valence electrons. The Balaban J connectivity index is 2.49. The summed E-state index contributed by atoms with van der Waals surface area (Å²) in [5, 5.41) is 3.16. The van der Waals surface area contributed by atoms with Crippen molar-refractivity contribution in [1.29, 1.82) is 0 Å². The van der Waals surface area contributed by atoms with Gasteiger partial charge in [-0.25, -0.2) is 0 Å². The highest BCUT2D eigenvalue weighted by atomic mass is 16.2. The van der Waals surface area contributed by atoms with Crippen molar-refractivity contribution in [3.05, 3.63) is 0 Å². The van der Waals surface area contributed by atoms with Gasteiger partial charge in [-0.3, -0.25) is 4.79 Å². The van der Waals surface area contributed by atoms with E-state index < -0.39 is 0 Å². The molecule has 16 heavy (non-hydrogen) atoms. The first-order valence-electron chi connectivity index (χ1n) is 6.27. The van der Waals surface area contributed by atoms with Gasteiger partial charge in [0.1, 0.15) is 0 Å². The van der Waals surface area contributed by atoms with Gasteiger partial charge >= 0.3 is 0 Å². The van der Waals surface area contributed by atoms with Crippen LogP contribution in [0.5, 0.6) is 0 Å². The summed E-state index contributed by atoms with van der Waals surface area (Å²) >= 11 is 0. The third-order valence-electron chi connectivity index (χ3n) is 3.52. The zero-order valence-electron chi connectivity index (χ0n) is 11.3. The van der Waals surface area contributed by atoms with E-state index in [0.29, 0.717) is 17.7 Å². The van der Waals surface area contributed by atoms with Crippen molar-refractivity contribution in [2.24, 2.45) is 17.3 Å². The zero-order valence-corrected chi connectivity index (χ0v) is 11.3. The van der Waals surface area contributed by atoms with Crippen LogP contribution in [-0.2, 0) is 4.79 Å². The normalized spacial score (nSPS) is 23.9. The number of amides is 1. The van der Waals surface area contributed by atoms with Crippen LogP contribution in [0.1, 0.15) is 34.1 Å². The third kappa shape index (κ3) is 3.48. The standard InChI is InChI=1S/C13H26N2O/c1-10(7-14-5)8-15-9-11(6-12(15)16)13(2,3)4/h10-11,14H,6-9H2,1-5H3. The van der Waals surface area contributed by atoms with Gasteiger partial charge in [0.2, 0.25) is 5.91 Å². The second-order valence-corrected chi connectivity index (χ2v) is 6.23. The second-order valence-electron chi connectivity index (χ2n) is 6.23. The van der Waals surface area contributed by atoms with Crippen LogP contribution in [0.4, 0.5) is 0 Å². The number of carbonyl (C=O) groups excluding carboxylic acids is 1. The van der Waals surface area contributed by atoms with E-state index in [9.17, 15) is 4.79 Å². The SMILES string of the molecule is CNCC(C)CN1CC(C(C)(C)C)CC1=O. The maximum absolute atomic E-state index is 11.9. The van der Waals surface area contributed by atoms with Gasteiger partial charge < -0.3 is 10.2 Å². The number of hydrogen-bond acceptors (Lipinski definition) is 2. The first-order valence-corrected chi connectivity index (χ1v) is 6.27. The molecule has 1 N–H and O–H groups in total. The number of likely N-dealkylation sites (tertiary alicyclic amines) is 1. The molecule has 0 spiro atoms. The topological polar surface area (TPSA) is 32.3 Å². The van der Waals surface area contributed by atoms with Gasteiger partial charge in [0.05, 0.1) is 0 Å². The average Bonchev–Trinajstić information content (AvgIpc) is 2.47. The molecular formula is C13H26N2O. The van der Waals surface area contributed by atoms with E-state index in [0.717, 1.165) is 26.1 Å². The molecule has 0 aliphatic carbocycles. The van der Waals surface area contributed by atoms with Crippen LogP contribution in [0, 0.1) is 17.3 Å². The molecule has 3 nitrogen and oxygen atoms in total. The van der Waals surface area contributed by atoms with Crippen molar-refractivity contribution in [2.45, 2.75) is 34.1 Å².